The summed E-state index contributed by atoms with van der Waals surface area (Å²) in [6, 6.07) is 38.3. The quantitative estimate of drug-likeness (QED) is 0.209. The molecule has 3 nitrogen and oxygen atoms in total. The van der Waals surface area contributed by atoms with E-state index in [1.807, 2.05) is 18.5 Å². The van der Waals surface area contributed by atoms with Gasteiger partial charge in [-0.1, -0.05) is 85.8 Å². The molecule has 0 fully saturated rings. The number of aromatic nitrogens is 3. The minimum Gasteiger partial charge on any atom is -0.293 e. The third-order valence-corrected chi connectivity index (χ3v) is 10.2. The summed E-state index contributed by atoms with van der Waals surface area (Å²) in [4.78, 5) is 10.1. The molecule has 0 saturated heterocycles. The van der Waals surface area contributed by atoms with Gasteiger partial charge in [0.25, 0.3) is 0 Å². The number of rotatable bonds is 2. The van der Waals surface area contributed by atoms with E-state index in [1.54, 1.807) is 0 Å². The summed E-state index contributed by atoms with van der Waals surface area (Å²) in [5, 5.41) is 6.21. The van der Waals surface area contributed by atoms with Gasteiger partial charge in [0.05, 0.1) is 16.6 Å². The van der Waals surface area contributed by atoms with Crippen molar-refractivity contribution in [3.8, 4) is 28.1 Å². The molecule has 2 aliphatic rings. The minimum atomic E-state index is 0.371. The van der Waals surface area contributed by atoms with Gasteiger partial charge in [0.2, 0.25) is 0 Å². The Hall–Kier alpha value is -5.28. The highest BCUT2D eigenvalue weighted by Gasteiger charge is 2.34. The maximum atomic E-state index is 5.24. The van der Waals surface area contributed by atoms with E-state index in [-0.39, 0.29) is 0 Å². The second-order valence-corrected chi connectivity index (χ2v) is 12.3. The summed E-state index contributed by atoms with van der Waals surface area (Å²) in [5.74, 6) is 1.36. The molecule has 0 aliphatic heterocycles. The SMILES string of the molecule is CCc1c(-n2c3ccc4ccccc4c3c3cc4c5c(c32)-c2ccccc2C(CC5)c2ccccc2-4)ncc2cccnc12. The van der Waals surface area contributed by atoms with Crippen LogP contribution in [0.4, 0.5) is 0 Å². The van der Waals surface area contributed by atoms with Gasteiger partial charge in [-0.15, -0.1) is 0 Å². The van der Waals surface area contributed by atoms with Crippen molar-refractivity contribution in [1.29, 1.82) is 0 Å². The van der Waals surface area contributed by atoms with E-state index in [2.05, 4.69) is 109 Å². The third-order valence-electron chi connectivity index (χ3n) is 10.2. The summed E-state index contributed by atoms with van der Waals surface area (Å²) in [5.41, 5.74) is 14.5. The van der Waals surface area contributed by atoms with Crippen LogP contribution in [0.25, 0.3) is 71.6 Å². The molecule has 0 amide bonds. The lowest BCUT2D eigenvalue weighted by atomic mass is 9.80. The van der Waals surface area contributed by atoms with E-state index in [0.717, 1.165) is 36.0 Å². The van der Waals surface area contributed by atoms with Crippen LogP contribution in [0, 0.1) is 0 Å². The first-order chi connectivity index (χ1) is 21.8. The standard InChI is InChI=1S/C41H29N3/c1-2-26-39-25(11-9-21-42-39)23-43-41(26)44-36-20-17-24-10-3-4-12-27(24)37(36)35-22-34-30-15-6-5-13-28(30)31-18-19-33(34)38(40(35)44)32-16-8-7-14-29(31)32/h3-17,20-23,31H,2,18-19H2,1H3. The van der Waals surface area contributed by atoms with Crippen molar-refractivity contribution in [1.82, 2.24) is 14.5 Å². The maximum absolute atomic E-state index is 5.24. The summed E-state index contributed by atoms with van der Waals surface area (Å²) in [6.45, 7) is 2.23. The molecule has 5 aromatic carbocycles. The van der Waals surface area contributed by atoms with E-state index in [1.165, 1.54) is 77.1 Å². The molecule has 44 heavy (non-hydrogen) atoms. The van der Waals surface area contributed by atoms with Crippen LogP contribution in [0.2, 0.25) is 0 Å². The van der Waals surface area contributed by atoms with Gasteiger partial charge in [-0.05, 0) is 87.7 Å². The molecule has 1 atom stereocenters. The average Bonchev–Trinajstić information content (AvgIpc) is 3.19. The molecule has 3 heterocycles. The molecule has 8 aromatic rings. The van der Waals surface area contributed by atoms with Crippen molar-refractivity contribution < 1.29 is 0 Å². The Morgan fingerprint density at radius 3 is 2.39 bits per heavy atom. The van der Waals surface area contributed by atoms with Gasteiger partial charge in [0.15, 0.2) is 0 Å². The number of pyridine rings is 2. The van der Waals surface area contributed by atoms with Gasteiger partial charge in [-0.25, -0.2) is 4.98 Å². The number of hydrogen-bond donors (Lipinski definition) is 0. The van der Waals surface area contributed by atoms with Crippen LogP contribution < -0.4 is 0 Å². The molecule has 0 spiro atoms. The molecule has 2 aliphatic carbocycles. The van der Waals surface area contributed by atoms with Gasteiger partial charge < -0.3 is 0 Å². The lowest BCUT2D eigenvalue weighted by Crippen LogP contribution is -2.07. The van der Waals surface area contributed by atoms with Crippen LogP contribution in [-0.2, 0) is 12.8 Å². The van der Waals surface area contributed by atoms with Crippen molar-refractivity contribution in [3.05, 3.63) is 138 Å². The Morgan fingerprint density at radius 1 is 0.727 bits per heavy atom. The molecule has 0 radical (unpaired) electrons. The van der Waals surface area contributed by atoms with Crippen LogP contribution in [0.5, 0.6) is 0 Å². The molecule has 0 saturated carbocycles. The van der Waals surface area contributed by atoms with E-state index in [9.17, 15) is 0 Å². The van der Waals surface area contributed by atoms with E-state index in [0.29, 0.717) is 5.92 Å². The Labute approximate surface area is 255 Å². The number of benzene rings is 5. The smallest absolute Gasteiger partial charge is 0.143 e. The van der Waals surface area contributed by atoms with Crippen LogP contribution in [0.3, 0.4) is 0 Å². The van der Waals surface area contributed by atoms with E-state index < -0.39 is 0 Å². The Balaban J connectivity index is 1.50. The Kier molecular flexibility index (Phi) is 4.88. The van der Waals surface area contributed by atoms with Gasteiger partial charge >= 0.3 is 0 Å². The zero-order valence-corrected chi connectivity index (χ0v) is 24.5. The highest BCUT2D eigenvalue weighted by molar-refractivity contribution is 6.25. The summed E-state index contributed by atoms with van der Waals surface area (Å²) >= 11 is 0. The van der Waals surface area contributed by atoms with Crippen molar-refractivity contribution in [2.75, 3.05) is 0 Å². The largest absolute Gasteiger partial charge is 0.293 e. The second kappa shape index (κ2) is 8.87. The second-order valence-electron chi connectivity index (χ2n) is 12.3. The molecular formula is C41H29N3. The van der Waals surface area contributed by atoms with Gasteiger partial charge in [-0.3, -0.25) is 9.55 Å². The number of nitrogens with zero attached hydrogens (tertiary/aromatic N) is 3. The third kappa shape index (κ3) is 3.06. The normalized spacial score (nSPS) is 15.1. The molecule has 3 aromatic heterocycles. The zero-order valence-electron chi connectivity index (χ0n) is 24.5. The summed E-state index contributed by atoms with van der Waals surface area (Å²) < 4.78 is 2.48. The zero-order chi connectivity index (χ0) is 28.9. The van der Waals surface area contributed by atoms with Crippen LogP contribution in [0.15, 0.2) is 116 Å². The average molecular weight is 564 g/mol. The minimum absolute atomic E-state index is 0.371. The van der Waals surface area contributed by atoms with Crippen molar-refractivity contribution in [3.63, 3.8) is 0 Å². The van der Waals surface area contributed by atoms with E-state index >= 15 is 0 Å². The van der Waals surface area contributed by atoms with Crippen LogP contribution in [-0.4, -0.2) is 14.5 Å². The topological polar surface area (TPSA) is 30.7 Å². The first-order valence-corrected chi connectivity index (χ1v) is 15.7. The fraction of sp³-hybridized carbons (Fsp3) is 0.122. The number of aryl methyl sites for hydroxylation is 1. The van der Waals surface area contributed by atoms with E-state index in [4.69, 9.17) is 9.97 Å². The van der Waals surface area contributed by atoms with Gasteiger partial charge in [0.1, 0.15) is 5.82 Å². The fourth-order valence-electron chi connectivity index (χ4n) is 8.44. The highest BCUT2D eigenvalue weighted by atomic mass is 15.1. The van der Waals surface area contributed by atoms with Crippen LogP contribution in [0.1, 0.15) is 41.5 Å². The molecule has 0 N–H and O–H groups in total. The first-order valence-electron chi connectivity index (χ1n) is 15.7. The molecular weight excluding hydrogens is 534 g/mol. The number of hydrogen-bond acceptors (Lipinski definition) is 2. The monoisotopic (exact) mass is 563 g/mol. The molecule has 1 unspecified atom stereocenters. The number of fused-ring (bicyclic) bond motifs is 15. The van der Waals surface area contributed by atoms with Gasteiger partial charge in [-0.2, -0.15) is 0 Å². The summed E-state index contributed by atoms with van der Waals surface area (Å²) in [6.07, 6.45) is 6.91. The highest BCUT2D eigenvalue weighted by Crippen LogP contribution is 2.54. The predicted octanol–water partition coefficient (Wildman–Crippen LogP) is 10.2. The lowest BCUT2D eigenvalue weighted by molar-refractivity contribution is 0.736. The molecule has 2 bridgehead atoms. The fourth-order valence-corrected chi connectivity index (χ4v) is 8.44. The van der Waals surface area contributed by atoms with Gasteiger partial charge in [0, 0.05) is 45.6 Å². The van der Waals surface area contributed by atoms with Crippen molar-refractivity contribution >= 4 is 43.5 Å². The van der Waals surface area contributed by atoms with Crippen molar-refractivity contribution in [2.45, 2.75) is 32.1 Å². The molecule has 208 valence electrons. The predicted molar refractivity (Wildman–Crippen MR) is 182 cm³/mol. The molecule has 10 rings (SSSR count). The maximum Gasteiger partial charge on any atom is 0.143 e. The Bertz CT molecular complexity index is 2500. The summed E-state index contributed by atoms with van der Waals surface area (Å²) in [7, 11) is 0. The molecule has 3 heteroatoms. The Morgan fingerprint density at radius 2 is 1.50 bits per heavy atom. The first kappa shape index (κ1) is 24.2. The lowest BCUT2D eigenvalue weighted by Gasteiger charge is -2.25. The van der Waals surface area contributed by atoms with Crippen molar-refractivity contribution in [2.24, 2.45) is 0 Å². The van der Waals surface area contributed by atoms with Crippen LogP contribution >= 0.6 is 0 Å².